The SMILES string of the molecule is CC(Oc1ccccc1C#N)C(=O)Nc1ccc(F)c([N+](=O)[O-])c1. The van der Waals surface area contributed by atoms with E-state index in [4.69, 9.17) is 10.00 Å². The Morgan fingerprint density at radius 3 is 2.75 bits per heavy atom. The predicted molar refractivity (Wildman–Crippen MR) is 82.9 cm³/mol. The molecular formula is C16H12FN3O4. The molecule has 1 N–H and O–H groups in total. The molecule has 0 heterocycles. The Bertz CT molecular complexity index is 832. The zero-order valence-corrected chi connectivity index (χ0v) is 12.5. The molecule has 0 aromatic heterocycles. The highest BCUT2D eigenvalue weighted by Gasteiger charge is 2.19. The van der Waals surface area contributed by atoms with Crippen LogP contribution < -0.4 is 10.1 Å². The van der Waals surface area contributed by atoms with Crippen LogP contribution in [-0.2, 0) is 4.79 Å². The van der Waals surface area contributed by atoms with Crippen LogP contribution in [0.15, 0.2) is 42.5 Å². The van der Waals surface area contributed by atoms with Gasteiger partial charge in [-0.3, -0.25) is 14.9 Å². The molecule has 0 saturated heterocycles. The second kappa shape index (κ2) is 7.19. The van der Waals surface area contributed by atoms with Gasteiger partial charge in [0.2, 0.25) is 5.82 Å². The molecule has 0 aliphatic carbocycles. The topological polar surface area (TPSA) is 105 Å². The number of carbonyl (C=O) groups is 1. The van der Waals surface area contributed by atoms with Crippen molar-refractivity contribution in [3.8, 4) is 11.8 Å². The first-order valence-electron chi connectivity index (χ1n) is 6.83. The number of nitrogens with one attached hydrogen (secondary N) is 1. The van der Waals surface area contributed by atoms with E-state index in [9.17, 15) is 19.3 Å². The number of halogens is 1. The number of rotatable bonds is 5. The summed E-state index contributed by atoms with van der Waals surface area (Å²) in [7, 11) is 0. The Hall–Kier alpha value is -3.47. The van der Waals surface area contributed by atoms with Gasteiger partial charge in [-0.05, 0) is 31.2 Å². The molecule has 7 nitrogen and oxygen atoms in total. The van der Waals surface area contributed by atoms with Crippen molar-refractivity contribution in [2.24, 2.45) is 0 Å². The van der Waals surface area contributed by atoms with Crippen LogP contribution in [0.5, 0.6) is 5.75 Å². The number of anilines is 1. The molecule has 0 aliphatic heterocycles. The number of nitro benzene ring substituents is 1. The van der Waals surface area contributed by atoms with E-state index in [-0.39, 0.29) is 17.0 Å². The van der Waals surface area contributed by atoms with E-state index >= 15 is 0 Å². The van der Waals surface area contributed by atoms with Crippen molar-refractivity contribution in [2.75, 3.05) is 5.32 Å². The average Bonchev–Trinajstić information content (AvgIpc) is 2.56. The van der Waals surface area contributed by atoms with Crippen LogP contribution in [0.25, 0.3) is 0 Å². The lowest BCUT2D eigenvalue weighted by Crippen LogP contribution is -2.30. The summed E-state index contributed by atoms with van der Waals surface area (Å²) in [6.45, 7) is 1.46. The van der Waals surface area contributed by atoms with Gasteiger partial charge in [0, 0.05) is 11.8 Å². The third kappa shape index (κ3) is 3.84. The molecule has 0 spiro atoms. The quantitative estimate of drug-likeness (QED) is 0.670. The molecule has 0 aliphatic rings. The number of ether oxygens (including phenoxy) is 1. The molecular weight excluding hydrogens is 317 g/mol. The molecule has 1 atom stereocenters. The lowest BCUT2D eigenvalue weighted by molar-refractivity contribution is -0.387. The van der Waals surface area contributed by atoms with Crippen molar-refractivity contribution >= 4 is 17.3 Å². The molecule has 8 heteroatoms. The zero-order valence-electron chi connectivity index (χ0n) is 12.5. The van der Waals surface area contributed by atoms with Crippen molar-refractivity contribution < 1.29 is 18.8 Å². The van der Waals surface area contributed by atoms with Gasteiger partial charge < -0.3 is 10.1 Å². The third-order valence-corrected chi connectivity index (χ3v) is 3.09. The summed E-state index contributed by atoms with van der Waals surface area (Å²) in [5.41, 5.74) is -0.400. The highest BCUT2D eigenvalue weighted by Crippen LogP contribution is 2.22. The minimum atomic E-state index is -0.995. The van der Waals surface area contributed by atoms with Gasteiger partial charge >= 0.3 is 5.69 Å². The maximum atomic E-state index is 13.3. The summed E-state index contributed by atoms with van der Waals surface area (Å²) in [5, 5.41) is 22.1. The summed E-state index contributed by atoms with van der Waals surface area (Å²) in [6, 6.07) is 11.4. The number of nitriles is 1. The van der Waals surface area contributed by atoms with Crippen molar-refractivity contribution in [3.05, 3.63) is 64.0 Å². The first-order chi connectivity index (χ1) is 11.4. The highest BCUT2D eigenvalue weighted by atomic mass is 19.1. The van der Waals surface area contributed by atoms with Crippen molar-refractivity contribution in [1.29, 1.82) is 5.26 Å². The maximum Gasteiger partial charge on any atom is 0.306 e. The molecule has 0 radical (unpaired) electrons. The summed E-state index contributed by atoms with van der Waals surface area (Å²) in [6.07, 6.45) is -0.969. The van der Waals surface area contributed by atoms with E-state index in [1.54, 1.807) is 24.3 Å². The molecule has 0 saturated carbocycles. The first-order valence-corrected chi connectivity index (χ1v) is 6.83. The lowest BCUT2D eigenvalue weighted by atomic mass is 10.2. The second-order valence-electron chi connectivity index (χ2n) is 4.78. The standard InChI is InChI=1S/C16H12FN3O4/c1-10(24-15-5-3-2-4-11(15)9-18)16(21)19-12-6-7-13(17)14(8-12)20(22)23/h2-8,10H,1H3,(H,19,21). The molecule has 2 rings (SSSR count). The normalized spacial score (nSPS) is 11.2. The summed E-state index contributed by atoms with van der Waals surface area (Å²) < 4.78 is 18.7. The molecule has 2 aromatic rings. The van der Waals surface area contributed by atoms with Gasteiger partial charge in [-0.15, -0.1) is 0 Å². The Balaban J connectivity index is 2.11. The summed E-state index contributed by atoms with van der Waals surface area (Å²) >= 11 is 0. The molecule has 2 aromatic carbocycles. The van der Waals surface area contributed by atoms with E-state index in [1.807, 2.05) is 6.07 Å². The van der Waals surface area contributed by atoms with E-state index < -0.39 is 28.4 Å². The van der Waals surface area contributed by atoms with Crippen LogP contribution in [0, 0.1) is 27.3 Å². The Morgan fingerprint density at radius 1 is 1.38 bits per heavy atom. The average molecular weight is 329 g/mol. The van der Waals surface area contributed by atoms with Gasteiger partial charge in [-0.1, -0.05) is 12.1 Å². The summed E-state index contributed by atoms with van der Waals surface area (Å²) in [5.74, 6) is -1.35. The zero-order chi connectivity index (χ0) is 17.7. The smallest absolute Gasteiger partial charge is 0.306 e. The fraction of sp³-hybridized carbons (Fsp3) is 0.125. The molecule has 24 heavy (non-hydrogen) atoms. The second-order valence-corrected chi connectivity index (χ2v) is 4.78. The van der Waals surface area contributed by atoms with Crippen LogP contribution >= 0.6 is 0 Å². The summed E-state index contributed by atoms with van der Waals surface area (Å²) in [4.78, 5) is 21.9. The fourth-order valence-electron chi connectivity index (χ4n) is 1.88. The van der Waals surface area contributed by atoms with Crippen molar-refractivity contribution in [2.45, 2.75) is 13.0 Å². The number of benzene rings is 2. The maximum absolute atomic E-state index is 13.3. The number of hydrogen-bond donors (Lipinski definition) is 1. The number of nitro groups is 1. The number of nitrogens with zero attached hydrogens (tertiary/aromatic N) is 2. The Kier molecular flexibility index (Phi) is 5.06. The van der Waals surface area contributed by atoms with Gasteiger partial charge in [0.25, 0.3) is 5.91 Å². The van der Waals surface area contributed by atoms with Gasteiger partial charge in [-0.2, -0.15) is 9.65 Å². The van der Waals surface area contributed by atoms with Gasteiger partial charge in [-0.25, -0.2) is 0 Å². The highest BCUT2D eigenvalue weighted by molar-refractivity contribution is 5.94. The van der Waals surface area contributed by atoms with Crippen LogP contribution in [0.2, 0.25) is 0 Å². The van der Waals surface area contributed by atoms with Gasteiger partial charge in [0.05, 0.1) is 10.5 Å². The number of carbonyl (C=O) groups excluding carboxylic acids is 1. The molecule has 1 amide bonds. The van der Waals surface area contributed by atoms with Gasteiger partial charge in [0.1, 0.15) is 11.8 Å². The number of amides is 1. The largest absolute Gasteiger partial charge is 0.480 e. The Morgan fingerprint density at radius 2 is 2.08 bits per heavy atom. The van der Waals surface area contributed by atoms with Gasteiger partial charge in [0.15, 0.2) is 6.10 Å². The van der Waals surface area contributed by atoms with Crippen LogP contribution in [-0.4, -0.2) is 16.9 Å². The molecule has 1 unspecified atom stereocenters. The third-order valence-electron chi connectivity index (χ3n) is 3.09. The fourth-order valence-corrected chi connectivity index (χ4v) is 1.88. The van der Waals surface area contributed by atoms with E-state index in [2.05, 4.69) is 5.32 Å². The Labute approximate surface area is 136 Å². The van der Waals surface area contributed by atoms with E-state index in [0.717, 1.165) is 12.1 Å². The number of hydrogen-bond acceptors (Lipinski definition) is 5. The lowest BCUT2D eigenvalue weighted by Gasteiger charge is -2.15. The minimum absolute atomic E-state index is 0.0668. The van der Waals surface area contributed by atoms with Crippen molar-refractivity contribution in [3.63, 3.8) is 0 Å². The molecule has 0 bridgehead atoms. The van der Waals surface area contributed by atoms with Crippen molar-refractivity contribution in [1.82, 2.24) is 0 Å². The van der Waals surface area contributed by atoms with Crippen LogP contribution in [0.4, 0.5) is 15.8 Å². The van der Waals surface area contributed by atoms with E-state index in [1.165, 1.54) is 13.0 Å². The minimum Gasteiger partial charge on any atom is -0.480 e. The van der Waals surface area contributed by atoms with Crippen LogP contribution in [0.1, 0.15) is 12.5 Å². The molecule has 122 valence electrons. The van der Waals surface area contributed by atoms with E-state index in [0.29, 0.717) is 0 Å². The first kappa shape index (κ1) is 16.9. The van der Waals surface area contributed by atoms with Crippen LogP contribution in [0.3, 0.4) is 0 Å². The number of para-hydroxylation sites is 1. The monoisotopic (exact) mass is 329 g/mol. The molecule has 0 fully saturated rings. The predicted octanol–water partition coefficient (Wildman–Crippen LogP) is 3.01.